The molecule has 0 unspecified atom stereocenters. The van der Waals surface area contributed by atoms with Crippen molar-refractivity contribution in [3.63, 3.8) is 0 Å². The molecule has 8 heteroatoms. The van der Waals surface area contributed by atoms with Crippen LogP contribution in [0.2, 0.25) is 0 Å². The van der Waals surface area contributed by atoms with Crippen LogP contribution >= 0.6 is 0 Å². The molecule has 2 aromatic heterocycles. The number of carbonyl (C=O) groups excluding carboxylic acids is 2. The molecule has 0 saturated heterocycles. The molecule has 1 aliphatic heterocycles. The van der Waals surface area contributed by atoms with Gasteiger partial charge in [0.2, 0.25) is 0 Å². The molecule has 0 fully saturated rings. The fourth-order valence-corrected chi connectivity index (χ4v) is 8.07. The first-order chi connectivity index (χ1) is 28.1. The molecular weight excluding hydrogens is 725 g/mol. The Morgan fingerprint density at radius 3 is 2.19 bits per heavy atom. The summed E-state index contributed by atoms with van der Waals surface area (Å²) in [6, 6.07) is 21.6. The molecule has 6 rings (SSSR count). The third-order valence-corrected chi connectivity index (χ3v) is 11.0. The van der Waals surface area contributed by atoms with Gasteiger partial charge >= 0.3 is 11.9 Å². The highest BCUT2D eigenvalue weighted by Gasteiger charge is 2.35. The van der Waals surface area contributed by atoms with E-state index in [-0.39, 0.29) is 19.0 Å². The van der Waals surface area contributed by atoms with Gasteiger partial charge in [-0.25, -0.2) is 4.79 Å². The molecule has 0 spiro atoms. The molecule has 1 aliphatic rings. The summed E-state index contributed by atoms with van der Waals surface area (Å²) in [6.45, 7) is 11.0. The summed E-state index contributed by atoms with van der Waals surface area (Å²) in [4.78, 5) is 37.3. The lowest BCUT2D eigenvalue weighted by Crippen LogP contribution is -2.30. The molecule has 308 valence electrons. The van der Waals surface area contributed by atoms with E-state index in [4.69, 9.17) is 28.9 Å². The van der Waals surface area contributed by atoms with Crippen molar-refractivity contribution in [1.29, 1.82) is 0 Å². The number of carbonyl (C=O) groups is 2. The number of para-hydroxylation sites is 1. The summed E-state index contributed by atoms with van der Waals surface area (Å²) >= 11 is 0. The van der Waals surface area contributed by atoms with E-state index in [0.717, 1.165) is 69.1 Å². The van der Waals surface area contributed by atoms with Gasteiger partial charge in [-0.3, -0.25) is 14.8 Å². The summed E-state index contributed by atoms with van der Waals surface area (Å²) in [5.41, 5.74) is 6.57. The van der Waals surface area contributed by atoms with Gasteiger partial charge in [0.1, 0.15) is 12.4 Å². The Hall–Kier alpha value is -4.82. The lowest BCUT2D eigenvalue weighted by molar-refractivity contribution is -0.168. The molecule has 0 amide bonds. The van der Waals surface area contributed by atoms with E-state index in [2.05, 4.69) is 13.0 Å². The topological polar surface area (TPSA) is 96.8 Å². The van der Waals surface area contributed by atoms with Crippen LogP contribution in [0, 0.1) is 6.92 Å². The molecule has 0 N–H and O–H groups in total. The second-order valence-electron chi connectivity index (χ2n) is 16.7. The van der Waals surface area contributed by atoms with Gasteiger partial charge < -0.3 is 18.9 Å². The van der Waals surface area contributed by atoms with E-state index in [1.165, 1.54) is 69.8 Å². The normalized spacial score (nSPS) is 13.1. The minimum Gasteiger partial charge on any atom is -0.493 e. The van der Waals surface area contributed by atoms with Crippen LogP contribution in [0.25, 0.3) is 32.9 Å². The van der Waals surface area contributed by atoms with Crippen LogP contribution in [-0.2, 0) is 43.2 Å². The smallest absolute Gasteiger partial charge is 0.340 e. The second kappa shape index (κ2) is 20.7. The maximum Gasteiger partial charge on any atom is 0.340 e. The van der Waals surface area contributed by atoms with Crippen molar-refractivity contribution in [1.82, 2.24) is 9.97 Å². The highest BCUT2D eigenvalue weighted by atomic mass is 16.6. The van der Waals surface area contributed by atoms with Gasteiger partial charge in [-0.15, -0.1) is 0 Å². The molecule has 0 bridgehead atoms. The number of hydrogen-bond acceptors (Lipinski definition) is 8. The van der Waals surface area contributed by atoms with Gasteiger partial charge in [-0.05, 0) is 75.1 Å². The number of esters is 2. The highest BCUT2D eigenvalue weighted by Crippen LogP contribution is 2.44. The molecule has 1 atom stereocenters. The van der Waals surface area contributed by atoms with Crippen LogP contribution in [0.15, 0.2) is 72.9 Å². The van der Waals surface area contributed by atoms with Crippen LogP contribution in [0.1, 0.15) is 139 Å². The third-order valence-electron chi connectivity index (χ3n) is 11.0. The van der Waals surface area contributed by atoms with E-state index < -0.39 is 17.7 Å². The number of rotatable bonds is 21. The monoisotopic (exact) mass is 786 g/mol. The number of pyridine rings is 2. The first-order valence-corrected chi connectivity index (χ1v) is 21.6. The van der Waals surface area contributed by atoms with Crippen molar-refractivity contribution in [2.45, 2.75) is 143 Å². The zero-order valence-corrected chi connectivity index (χ0v) is 35.4. The summed E-state index contributed by atoms with van der Waals surface area (Å²) in [5.74, 6) is -0.0170. The summed E-state index contributed by atoms with van der Waals surface area (Å²) < 4.78 is 24.5. The van der Waals surface area contributed by atoms with E-state index in [1.807, 2.05) is 94.6 Å². The Bertz CT molecular complexity index is 2140. The SMILES string of the molecule is CCCCCCCCCCCCCCOC(=O)Cc1ccccc1COC(=O)[C@@H](OC(C)(C)C)c1c(C)nc2ccccc2c1-c1ccc2c3c(ccnc13)CCO2. The van der Waals surface area contributed by atoms with Crippen molar-refractivity contribution in [3.8, 4) is 16.9 Å². The first kappa shape index (κ1) is 42.8. The van der Waals surface area contributed by atoms with Crippen LogP contribution in [0.5, 0.6) is 5.75 Å². The largest absolute Gasteiger partial charge is 0.493 e. The zero-order chi connectivity index (χ0) is 40.9. The molecule has 58 heavy (non-hydrogen) atoms. The van der Waals surface area contributed by atoms with Crippen LogP contribution in [0.3, 0.4) is 0 Å². The van der Waals surface area contributed by atoms with Crippen LogP contribution in [0.4, 0.5) is 0 Å². The fraction of sp³-hybridized carbons (Fsp3) is 0.480. The Morgan fingerprint density at radius 1 is 0.793 bits per heavy atom. The average Bonchev–Trinajstić information content (AvgIpc) is 3.21. The lowest BCUT2D eigenvalue weighted by Gasteiger charge is -2.30. The first-order valence-electron chi connectivity index (χ1n) is 21.6. The van der Waals surface area contributed by atoms with Crippen molar-refractivity contribution < 1.29 is 28.5 Å². The maximum absolute atomic E-state index is 14.5. The Morgan fingerprint density at radius 2 is 1.47 bits per heavy atom. The maximum atomic E-state index is 14.5. The number of aryl methyl sites for hydroxylation is 1. The summed E-state index contributed by atoms with van der Waals surface area (Å²) in [5, 5.41) is 1.86. The second-order valence-corrected chi connectivity index (χ2v) is 16.7. The van der Waals surface area contributed by atoms with E-state index in [9.17, 15) is 9.59 Å². The minimum absolute atomic E-state index is 0.0275. The van der Waals surface area contributed by atoms with Crippen LogP contribution < -0.4 is 4.74 Å². The minimum atomic E-state index is -1.11. The van der Waals surface area contributed by atoms with E-state index in [0.29, 0.717) is 24.5 Å². The molecule has 0 saturated carbocycles. The standard InChI is InChI=1S/C50H62N2O6/c1-6-7-8-9-10-11-12-13-14-15-16-21-31-56-43(53)33-37-22-17-18-23-38(37)34-57-49(54)48(58-50(3,4)5)44-35(2)52-41-25-20-19-24-39(41)46(44)40-26-27-42-45-36(29-32-55-42)28-30-51-47(40)45/h17-20,22-28,30,48H,6-16,21,29,31-34H2,1-5H3/t48-/m0/s1. The predicted octanol–water partition coefficient (Wildman–Crippen LogP) is 12.1. The predicted molar refractivity (Wildman–Crippen MR) is 232 cm³/mol. The van der Waals surface area contributed by atoms with Gasteiger partial charge in [-0.1, -0.05) is 120 Å². The summed E-state index contributed by atoms with van der Waals surface area (Å²) in [6.07, 6.45) is 16.7. The molecule has 0 aliphatic carbocycles. The van der Waals surface area contributed by atoms with Gasteiger partial charge in [0.25, 0.3) is 0 Å². The number of unbranched alkanes of at least 4 members (excludes halogenated alkanes) is 11. The molecule has 5 aromatic rings. The lowest BCUT2D eigenvalue weighted by atomic mass is 9.88. The van der Waals surface area contributed by atoms with Crippen molar-refractivity contribution in [3.05, 3.63) is 101 Å². The number of fused-ring (bicyclic) bond motifs is 1. The third kappa shape index (κ3) is 11.2. The van der Waals surface area contributed by atoms with Gasteiger partial charge in [-0.2, -0.15) is 0 Å². The van der Waals surface area contributed by atoms with Crippen molar-refractivity contribution in [2.75, 3.05) is 13.2 Å². The quantitative estimate of drug-likeness (QED) is 0.0536. The number of nitrogens with zero attached hydrogens (tertiary/aromatic N) is 2. The van der Waals surface area contributed by atoms with Crippen molar-refractivity contribution >= 4 is 33.7 Å². The molecule has 8 nitrogen and oxygen atoms in total. The number of benzene rings is 3. The fourth-order valence-electron chi connectivity index (χ4n) is 8.07. The summed E-state index contributed by atoms with van der Waals surface area (Å²) in [7, 11) is 0. The molecule has 3 aromatic carbocycles. The Labute approximate surface area is 345 Å². The molecule has 0 radical (unpaired) electrons. The number of aromatic nitrogens is 2. The Balaban J connectivity index is 1.14. The van der Waals surface area contributed by atoms with Crippen LogP contribution in [-0.4, -0.2) is 40.7 Å². The van der Waals surface area contributed by atoms with Crippen molar-refractivity contribution in [2.24, 2.45) is 0 Å². The van der Waals surface area contributed by atoms with E-state index >= 15 is 0 Å². The molecule has 3 heterocycles. The van der Waals surface area contributed by atoms with Gasteiger partial charge in [0.05, 0.1) is 36.3 Å². The highest BCUT2D eigenvalue weighted by molar-refractivity contribution is 6.07. The van der Waals surface area contributed by atoms with E-state index in [1.54, 1.807) is 0 Å². The number of hydrogen-bond donors (Lipinski definition) is 0. The Kier molecular flexibility index (Phi) is 15.3. The zero-order valence-electron chi connectivity index (χ0n) is 35.4. The number of ether oxygens (including phenoxy) is 4. The average molecular weight is 787 g/mol. The van der Waals surface area contributed by atoms with Gasteiger partial charge in [0, 0.05) is 45.8 Å². The molecular formula is C50H62N2O6. The van der Waals surface area contributed by atoms with Gasteiger partial charge in [0.15, 0.2) is 6.10 Å².